The Hall–Kier alpha value is -1.04. The fraction of sp³-hybridized carbons (Fsp3) is 0.600. The highest BCUT2D eigenvalue weighted by Crippen LogP contribution is 2.28. The average Bonchev–Trinajstić information content (AvgIpc) is 2.92. The summed E-state index contributed by atoms with van der Waals surface area (Å²) in [6.07, 6.45) is 0.612. The Kier molecular flexibility index (Phi) is 5.46. The molecule has 1 fully saturated rings. The number of hydrogen-bond acceptors (Lipinski definition) is 3. The lowest BCUT2D eigenvalue weighted by Crippen LogP contribution is -2.39. The summed E-state index contributed by atoms with van der Waals surface area (Å²) in [4.78, 5) is 0. The average molecular weight is 284 g/mol. The first kappa shape index (κ1) is 15.4. The Bertz CT molecular complexity index is 428. The van der Waals surface area contributed by atoms with E-state index in [1.54, 1.807) is 6.07 Å². The molecule has 1 saturated carbocycles. The maximum Gasteiger partial charge on any atom is 0.263 e. The summed E-state index contributed by atoms with van der Waals surface area (Å²) >= 11 is 0. The second-order valence-electron chi connectivity index (χ2n) is 5.41. The summed E-state index contributed by atoms with van der Waals surface area (Å²) in [7, 11) is 0. The first-order valence-corrected chi connectivity index (χ1v) is 7.10. The van der Waals surface area contributed by atoms with E-state index in [0.717, 1.165) is 24.8 Å². The van der Waals surface area contributed by atoms with E-state index < -0.39 is 6.43 Å². The number of halogens is 2. The molecule has 3 unspecified atom stereocenters. The molecule has 1 aromatic rings. The van der Waals surface area contributed by atoms with Gasteiger partial charge in [-0.2, -0.15) is 0 Å². The van der Waals surface area contributed by atoms with E-state index >= 15 is 0 Å². The lowest BCUT2D eigenvalue weighted by Gasteiger charge is -2.26. The molecule has 1 aliphatic carbocycles. The highest BCUT2D eigenvalue weighted by Gasteiger charge is 2.28. The predicted molar refractivity (Wildman–Crippen MR) is 74.5 cm³/mol. The topological polar surface area (TPSA) is 58.3 Å². The molecule has 0 heterocycles. The van der Waals surface area contributed by atoms with Crippen molar-refractivity contribution in [1.29, 1.82) is 0 Å². The van der Waals surface area contributed by atoms with Gasteiger partial charge in [0, 0.05) is 30.8 Å². The van der Waals surface area contributed by atoms with Gasteiger partial charge in [-0.05, 0) is 30.4 Å². The van der Waals surface area contributed by atoms with Gasteiger partial charge < -0.3 is 16.2 Å². The summed E-state index contributed by atoms with van der Waals surface area (Å²) in [6, 6.07) is 6.46. The molecule has 0 bridgehead atoms. The predicted octanol–water partition coefficient (Wildman–Crippen LogP) is 2.37. The summed E-state index contributed by atoms with van der Waals surface area (Å²) in [5, 5.41) is 12.8. The van der Waals surface area contributed by atoms with Crippen molar-refractivity contribution in [3.8, 4) is 0 Å². The molecule has 3 atom stereocenters. The Morgan fingerprint density at radius 1 is 1.30 bits per heavy atom. The lowest BCUT2D eigenvalue weighted by molar-refractivity contribution is 0.151. The SMILES string of the molecule is NCC(NC1CCCC1CO)c1cccc(C(F)F)c1. The molecule has 5 heteroatoms. The van der Waals surface area contributed by atoms with Crippen LogP contribution in [-0.2, 0) is 0 Å². The van der Waals surface area contributed by atoms with Crippen molar-refractivity contribution in [1.82, 2.24) is 5.32 Å². The van der Waals surface area contributed by atoms with E-state index in [1.165, 1.54) is 12.1 Å². The number of benzene rings is 1. The first-order chi connectivity index (χ1) is 9.65. The van der Waals surface area contributed by atoms with E-state index in [9.17, 15) is 13.9 Å². The fourth-order valence-electron chi connectivity index (χ4n) is 2.95. The smallest absolute Gasteiger partial charge is 0.263 e. The molecule has 0 aromatic heterocycles. The number of nitrogens with one attached hydrogen (secondary N) is 1. The molecule has 20 heavy (non-hydrogen) atoms. The van der Waals surface area contributed by atoms with Crippen molar-refractivity contribution < 1.29 is 13.9 Å². The van der Waals surface area contributed by atoms with Crippen LogP contribution in [0, 0.1) is 5.92 Å². The van der Waals surface area contributed by atoms with Crippen molar-refractivity contribution in [2.45, 2.75) is 37.8 Å². The summed E-state index contributed by atoms with van der Waals surface area (Å²) in [5.41, 5.74) is 6.59. The number of aliphatic hydroxyl groups excluding tert-OH is 1. The van der Waals surface area contributed by atoms with Gasteiger partial charge in [0.05, 0.1) is 0 Å². The third-order valence-corrected chi connectivity index (χ3v) is 4.11. The van der Waals surface area contributed by atoms with Crippen LogP contribution in [0.2, 0.25) is 0 Å². The van der Waals surface area contributed by atoms with Gasteiger partial charge in [0.1, 0.15) is 0 Å². The molecule has 112 valence electrons. The molecule has 0 radical (unpaired) electrons. The number of alkyl halides is 2. The van der Waals surface area contributed by atoms with Crippen molar-refractivity contribution >= 4 is 0 Å². The van der Waals surface area contributed by atoms with E-state index in [-0.39, 0.29) is 30.2 Å². The van der Waals surface area contributed by atoms with Gasteiger partial charge in [-0.25, -0.2) is 8.78 Å². The number of hydrogen-bond donors (Lipinski definition) is 3. The van der Waals surface area contributed by atoms with E-state index in [0.29, 0.717) is 6.54 Å². The Morgan fingerprint density at radius 3 is 2.70 bits per heavy atom. The van der Waals surface area contributed by atoms with Gasteiger partial charge in [0.2, 0.25) is 0 Å². The molecule has 3 nitrogen and oxygen atoms in total. The van der Waals surface area contributed by atoms with Crippen LogP contribution < -0.4 is 11.1 Å². The molecular formula is C15H22F2N2O. The second-order valence-corrected chi connectivity index (χ2v) is 5.41. The van der Waals surface area contributed by atoms with Crippen LogP contribution in [0.15, 0.2) is 24.3 Å². The van der Waals surface area contributed by atoms with E-state index in [1.807, 2.05) is 6.07 Å². The Balaban J connectivity index is 2.09. The van der Waals surface area contributed by atoms with Gasteiger partial charge >= 0.3 is 0 Å². The highest BCUT2D eigenvalue weighted by atomic mass is 19.3. The molecular weight excluding hydrogens is 262 g/mol. The minimum Gasteiger partial charge on any atom is -0.396 e. The van der Waals surface area contributed by atoms with Crippen LogP contribution in [0.3, 0.4) is 0 Å². The van der Waals surface area contributed by atoms with Gasteiger partial charge in [-0.1, -0.05) is 24.6 Å². The van der Waals surface area contributed by atoms with Crippen LogP contribution in [0.4, 0.5) is 8.78 Å². The zero-order valence-corrected chi connectivity index (χ0v) is 11.4. The minimum atomic E-state index is -2.47. The number of rotatable bonds is 6. The molecule has 0 saturated heterocycles. The Labute approximate surface area is 118 Å². The minimum absolute atomic E-state index is 0.0212. The molecule has 1 aliphatic rings. The summed E-state index contributed by atoms with van der Waals surface area (Å²) in [6.45, 7) is 0.507. The fourth-order valence-corrected chi connectivity index (χ4v) is 2.95. The lowest BCUT2D eigenvalue weighted by atomic mass is 9.99. The van der Waals surface area contributed by atoms with Crippen LogP contribution in [0.1, 0.15) is 42.9 Å². The zero-order valence-electron chi connectivity index (χ0n) is 11.4. The largest absolute Gasteiger partial charge is 0.396 e. The third kappa shape index (κ3) is 3.53. The van der Waals surface area contributed by atoms with E-state index in [2.05, 4.69) is 5.32 Å². The highest BCUT2D eigenvalue weighted by molar-refractivity contribution is 5.27. The standard InChI is InChI=1S/C15H22F2N2O/c16-15(17)11-4-1-3-10(7-11)14(8-18)19-13-6-2-5-12(13)9-20/h1,3-4,7,12-15,19-20H,2,5-6,8-9,18H2. The first-order valence-electron chi connectivity index (χ1n) is 7.10. The molecule has 0 amide bonds. The second kappa shape index (κ2) is 7.11. The van der Waals surface area contributed by atoms with Gasteiger partial charge in [-0.3, -0.25) is 0 Å². The maximum atomic E-state index is 12.8. The number of aliphatic hydroxyl groups is 1. The van der Waals surface area contributed by atoms with Crippen LogP contribution in [0.5, 0.6) is 0 Å². The van der Waals surface area contributed by atoms with Crippen molar-refractivity contribution in [3.05, 3.63) is 35.4 Å². The molecule has 0 aliphatic heterocycles. The zero-order chi connectivity index (χ0) is 14.5. The molecule has 2 rings (SSSR count). The van der Waals surface area contributed by atoms with Gasteiger partial charge in [0.25, 0.3) is 6.43 Å². The Morgan fingerprint density at radius 2 is 2.05 bits per heavy atom. The van der Waals surface area contributed by atoms with Crippen molar-refractivity contribution in [3.63, 3.8) is 0 Å². The van der Waals surface area contributed by atoms with E-state index in [4.69, 9.17) is 5.73 Å². The maximum absolute atomic E-state index is 12.8. The van der Waals surface area contributed by atoms with Crippen LogP contribution in [0.25, 0.3) is 0 Å². The van der Waals surface area contributed by atoms with Crippen LogP contribution >= 0.6 is 0 Å². The third-order valence-electron chi connectivity index (χ3n) is 4.11. The van der Waals surface area contributed by atoms with Gasteiger partial charge in [-0.15, -0.1) is 0 Å². The number of nitrogens with two attached hydrogens (primary N) is 1. The quantitative estimate of drug-likeness (QED) is 0.751. The summed E-state index contributed by atoms with van der Waals surface area (Å²) in [5.74, 6) is 0.238. The normalized spacial score (nSPS) is 24.2. The molecule has 4 N–H and O–H groups in total. The monoisotopic (exact) mass is 284 g/mol. The van der Waals surface area contributed by atoms with Crippen molar-refractivity contribution in [2.24, 2.45) is 11.7 Å². The molecule has 0 spiro atoms. The summed E-state index contributed by atoms with van der Waals surface area (Å²) < 4.78 is 25.5. The van der Waals surface area contributed by atoms with Crippen LogP contribution in [-0.4, -0.2) is 24.3 Å². The van der Waals surface area contributed by atoms with Crippen molar-refractivity contribution in [2.75, 3.05) is 13.2 Å². The molecule has 1 aromatic carbocycles. The van der Waals surface area contributed by atoms with Gasteiger partial charge in [0.15, 0.2) is 0 Å².